The second kappa shape index (κ2) is 13.0. The number of rotatable bonds is 8. The molecule has 6 rings (SSSR count). The fourth-order valence-electron chi connectivity index (χ4n) is 5.13. The monoisotopic (exact) mass is 701 g/mol. The van der Waals surface area contributed by atoms with E-state index in [1.54, 1.807) is 60.7 Å². The third-order valence-electron chi connectivity index (χ3n) is 7.52. The standard InChI is InChI=1S/C36H23F4N3O6S/c37-25-8-12-28(13-9-25)50(46,47)43-26-10-14-32(48-27-11-7-22-15-24(33(41)42)6-5-23(22)16-27)30(19-26)29-17-20-3-1-2-4-21(20)18-31(29)34(44)49-35(45)36(38,39)40/h1-19,43H,(H3,41,42). The van der Waals surface area contributed by atoms with Crippen LogP contribution >= 0.6 is 0 Å². The number of halogens is 4. The molecule has 0 amide bonds. The van der Waals surface area contributed by atoms with E-state index in [2.05, 4.69) is 9.46 Å². The molecule has 0 saturated carbocycles. The number of sulfonamides is 1. The third-order valence-corrected chi connectivity index (χ3v) is 8.92. The van der Waals surface area contributed by atoms with Gasteiger partial charge in [0.2, 0.25) is 0 Å². The highest BCUT2D eigenvalue weighted by atomic mass is 32.2. The predicted molar refractivity (Wildman–Crippen MR) is 178 cm³/mol. The van der Waals surface area contributed by atoms with E-state index < -0.39 is 39.5 Å². The lowest BCUT2D eigenvalue weighted by Crippen LogP contribution is -2.28. The first-order valence-electron chi connectivity index (χ1n) is 14.5. The lowest BCUT2D eigenvalue weighted by atomic mass is 9.94. The molecule has 50 heavy (non-hydrogen) atoms. The summed E-state index contributed by atoms with van der Waals surface area (Å²) in [5.74, 6) is -4.77. The van der Waals surface area contributed by atoms with Gasteiger partial charge in [-0.15, -0.1) is 0 Å². The number of alkyl halides is 3. The Hall–Kier alpha value is -6.28. The van der Waals surface area contributed by atoms with Crippen molar-refractivity contribution in [2.75, 3.05) is 4.72 Å². The molecule has 0 unspecified atom stereocenters. The maximum atomic E-state index is 13.5. The van der Waals surface area contributed by atoms with Crippen molar-refractivity contribution < 1.29 is 45.0 Å². The number of ether oxygens (including phenoxy) is 2. The van der Waals surface area contributed by atoms with Gasteiger partial charge in [0.1, 0.15) is 23.2 Å². The van der Waals surface area contributed by atoms with Gasteiger partial charge in [0, 0.05) is 22.4 Å². The number of amidine groups is 1. The summed E-state index contributed by atoms with van der Waals surface area (Å²) >= 11 is 0. The van der Waals surface area contributed by atoms with Crippen LogP contribution in [0.25, 0.3) is 32.7 Å². The second-order valence-electron chi connectivity index (χ2n) is 10.9. The Morgan fingerprint density at radius 3 is 2.06 bits per heavy atom. The summed E-state index contributed by atoms with van der Waals surface area (Å²) in [4.78, 5) is 24.6. The van der Waals surface area contributed by atoms with Crippen LogP contribution in [-0.4, -0.2) is 32.4 Å². The van der Waals surface area contributed by atoms with E-state index >= 15 is 0 Å². The number of carbonyl (C=O) groups is 2. The van der Waals surface area contributed by atoms with Crippen molar-refractivity contribution >= 4 is 55.0 Å². The van der Waals surface area contributed by atoms with Crippen molar-refractivity contribution in [3.8, 4) is 22.6 Å². The van der Waals surface area contributed by atoms with Crippen molar-refractivity contribution in [1.29, 1.82) is 5.41 Å². The van der Waals surface area contributed by atoms with Gasteiger partial charge >= 0.3 is 18.1 Å². The highest BCUT2D eigenvalue weighted by Gasteiger charge is 2.43. The summed E-state index contributed by atoms with van der Waals surface area (Å²) in [6.45, 7) is 0. The summed E-state index contributed by atoms with van der Waals surface area (Å²) in [5.41, 5.74) is 5.61. The normalized spacial score (nSPS) is 11.7. The molecule has 0 bridgehead atoms. The van der Waals surface area contributed by atoms with Gasteiger partial charge in [-0.3, -0.25) is 10.1 Å². The van der Waals surface area contributed by atoms with E-state index in [1.165, 1.54) is 30.3 Å². The Morgan fingerprint density at radius 1 is 0.740 bits per heavy atom. The number of nitrogens with two attached hydrogens (primary N) is 1. The Labute approximate surface area is 281 Å². The fraction of sp³-hybridized carbons (Fsp3) is 0.0278. The predicted octanol–water partition coefficient (Wildman–Crippen LogP) is 7.92. The highest BCUT2D eigenvalue weighted by Crippen LogP contribution is 2.40. The summed E-state index contributed by atoms with van der Waals surface area (Å²) in [5, 5.41) is 10.1. The first-order chi connectivity index (χ1) is 23.7. The molecule has 0 saturated heterocycles. The van der Waals surface area contributed by atoms with Gasteiger partial charge in [-0.1, -0.05) is 42.5 Å². The van der Waals surface area contributed by atoms with Crippen molar-refractivity contribution in [2.24, 2.45) is 5.73 Å². The molecule has 0 radical (unpaired) electrons. The van der Waals surface area contributed by atoms with Gasteiger partial charge in [-0.2, -0.15) is 13.2 Å². The third kappa shape index (κ3) is 7.10. The molecule has 0 spiro atoms. The molecule has 0 aliphatic carbocycles. The summed E-state index contributed by atoms with van der Waals surface area (Å²) in [6.07, 6.45) is -5.46. The zero-order chi connectivity index (χ0) is 35.8. The number of fused-ring (bicyclic) bond motifs is 2. The van der Waals surface area contributed by atoms with Crippen molar-refractivity contribution in [3.05, 3.63) is 132 Å². The molecule has 6 aromatic carbocycles. The average molecular weight is 702 g/mol. The van der Waals surface area contributed by atoms with Gasteiger partial charge in [-0.25, -0.2) is 22.4 Å². The Bertz CT molecular complexity index is 2450. The molecule has 4 N–H and O–H groups in total. The Morgan fingerprint density at radius 2 is 1.38 bits per heavy atom. The second-order valence-corrected chi connectivity index (χ2v) is 12.6. The lowest BCUT2D eigenvalue weighted by Gasteiger charge is -2.18. The minimum absolute atomic E-state index is 0.0356. The molecule has 252 valence electrons. The summed E-state index contributed by atoms with van der Waals surface area (Å²) < 4.78 is 92.0. The number of nitrogen functional groups attached to an aromatic ring is 1. The van der Waals surface area contributed by atoms with Crippen LogP contribution in [-0.2, 0) is 19.6 Å². The first-order valence-corrected chi connectivity index (χ1v) is 16.0. The van der Waals surface area contributed by atoms with E-state index in [9.17, 15) is 35.6 Å². The van der Waals surface area contributed by atoms with Gasteiger partial charge in [-0.05, 0) is 94.3 Å². The number of hydrogen-bond donors (Lipinski definition) is 3. The molecule has 14 heteroatoms. The van der Waals surface area contributed by atoms with Gasteiger partial charge in [0.15, 0.2) is 0 Å². The number of esters is 2. The van der Waals surface area contributed by atoms with Crippen LogP contribution in [0.4, 0.5) is 23.2 Å². The molecule has 0 aliphatic heterocycles. The fourth-order valence-corrected chi connectivity index (χ4v) is 6.18. The molecular formula is C36H23F4N3O6S. The molecule has 9 nitrogen and oxygen atoms in total. The molecule has 0 atom stereocenters. The molecular weight excluding hydrogens is 678 g/mol. The Kier molecular flexibility index (Phi) is 8.72. The van der Waals surface area contributed by atoms with Crippen LogP contribution in [0.3, 0.4) is 0 Å². The van der Waals surface area contributed by atoms with Gasteiger partial charge in [0.05, 0.1) is 10.5 Å². The topological polar surface area (TPSA) is 149 Å². The zero-order valence-electron chi connectivity index (χ0n) is 25.4. The van der Waals surface area contributed by atoms with Gasteiger partial charge in [0.25, 0.3) is 10.0 Å². The average Bonchev–Trinajstić information content (AvgIpc) is 3.07. The maximum absolute atomic E-state index is 13.5. The van der Waals surface area contributed by atoms with Crippen molar-refractivity contribution in [3.63, 3.8) is 0 Å². The van der Waals surface area contributed by atoms with Crippen LogP contribution in [0.5, 0.6) is 11.5 Å². The smallest absolute Gasteiger partial charge is 0.457 e. The molecule has 6 aromatic rings. The van der Waals surface area contributed by atoms with Crippen LogP contribution in [0, 0.1) is 11.2 Å². The number of hydrogen-bond acceptors (Lipinski definition) is 7. The minimum Gasteiger partial charge on any atom is -0.457 e. The van der Waals surface area contributed by atoms with E-state index in [1.807, 2.05) is 0 Å². The van der Waals surface area contributed by atoms with E-state index in [0.29, 0.717) is 21.7 Å². The molecule has 0 fully saturated rings. The minimum atomic E-state index is -5.46. The molecule has 0 aromatic heterocycles. The highest BCUT2D eigenvalue weighted by molar-refractivity contribution is 7.92. The van der Waals surface area contributed by atoms with E-state index in [-0.39, 0.29) is 39.0 Å². The van der Waals surface area contributed by atoms with Gasteiger partial charge < -0.3 is 15.2 Å². The first kappa shape index (κ1) is 33.6. The largest absolute Gasteiger partial charge is 0.491 e. The van der Waals surface area contributed by atoms with Crippen LogP contribution < -0.4 is 15.2 Å². The van der Waals surface area contributed by atoms with Crippen LogP contribution in [0.2, 0.25) is 0 Å². The Balaban J connectivity index is 1.50. The summed E-state index contributed by atoms with van der Waals surface area (Å²) in [7, 11) is -4.27. The number of anilines is 1. The SMILES string of the molecule is N=C(N)c1ccc2cc(Oc3ccc(NS(=O)(=O)c4ccc(F)cc4)cc3-c3cc4ccccc4cc3C(=O)OC(=O)C(F)(F)F)ccc2c1. The van der Waals surface area contributed by atoms with Crippen LogP contribution in [0.1, 0.15) is 15.9 Å². The van der Waals surface area contributed by atoms with E-state index in [4.69, 9.17) is 15.9 Å². The number of benzene rings is 6. The molecule has 0 heterocycles. The zero-order valence-corrected chi connectivity index (χ0v) is 26.2. The number of carbonyl (C=O) groups excluding carboxylic acids is 2. The summed E-state index contributed by atoms with van der Waals surface area (Å²) in [6, 6.07) is 27.5. The van der Waals surface area contributed by atoms with Crippen LogP contribution in [0.15, 0.2) is 120 Å². The maximum Gasteiger partial charge on any atom is 0.491 e. The van der Waals surface area contributed by atoms with Crippen molar-refractivity contribution in [2.45, 2.75) is 11.1 Å². The van der Waals surface area contributed by atoms with Crippen molar-refractivity contribution in [1.82, 2.24) is 0 Å². The lowest BCUT2D eigenvalue weighted by molar-refractivity contribution is -0.193. The molecule has 0 aliphatic rings. The number of nitrogens with one attached hydrogen (secondary N) is 2. The van der Waals surface area contributed by atoms with E-state index in [0.717, 1.165) is 29.7 Å². The quantitative estimate of drug-likeness (QED) is 0.0480.